The van der Waals surface area contributed by atoms with Crippen LogP contribution in [-0.2, 0) is 12.8 Å². The van der Waals surface area contributed by atoms with E-state index >= 15 is 0 Å². The summed E-state index contributed by atoms with van der Waals surface area (Å²) in [6, 6.07) is 2.10. The van der Waals surface area contributed by atoms with Crippen molar-refractivity contribution >= 4 is 17.2 Å². The SMILES string of the molecule is CC(C)(CCCO)CNC(=O)c1cc2c(s1)CCCCC2. The molecule has 3 nitrogen and oxygen atoms in total. The summed E-state index contributed by atoms with van der Waals surface area (Å²) in [5.41, 5.74) is 1.43. The number of amides is 1. The molecule has 2 rings (SSSR count). The van der Waals surface area contributed by atoms with Crippen LogP contribution in [0.15, 0.2) is 6.07 Å². The van der Waals surface area contributed by atoms with Crippen molar-refractivity contribution in [3.63, 3.8) is 0 Å². The Bertz CT molecular complexity index is 456. The second-order valence-electron chi connectivity index (χ2n) is 6.79. The average Bonchev–Trinajstić information content (AvgIpc) is 2.74. The zero-order valence-corrected chi connectivity index (χ0v) is 14.0. The smallest absolute Gasteiger partial charge is 0.261 e. The number of fused-ring (bicyclic) bond motifs is 1. The molecule has 0 fully saturated rings. The Labute approximate surface area is 131 Å². The fraction of sp³-hybridized carbons (Fsp3) is 0.706. The van der Waals surface area contributed by atoms with Gasteiger partial charge >= 0.3 is 0 Å². The van der Waals surface area contributed by atoms with Gasteiger partial charge in [-0.1, -0.05) is 20.3 Å². The number of hydrogen-bond acceptors (Lipinski definition) is 3. The predicted octanol–water partition coefficient (Wildman–Crippen LogP) is 3.55. The van der Waals surface area contributed by atoms with Gasteiger partial charge < -0.3 is 10.4 Å². The number of nitrogens with one attached hydrogen (secondary N) is 1. The Hall–Kier alpha value is -0.870. The fourth-order valence-corrected chi connectivity index (χ4v) is 4.00. The Morgan fingerprint density at radius 2 is 2.10 bits per heavy atom. The van der Waals surface area contributed by atoms with Crippen LogP contribution in [0.25, 0.3) is 0 Å². The topological polar surface area (TPSA) is 49.3 Å². The molecule has 0 bridgehead atoms. The van der Waals surface area contributed by atoms with Gasteiger partial charge in [0, 0.05) is 18.0 Å². The molecule has 0 saturated heterocycles. The van der Waals surface area contributed by atoms with Crippen LogP contribution in [0.2, 0.25) is 0 Å². The molecule has 1 aromatic heterocycles. The maximum atomic E-state index is 12.3. The van der Waals surface area contributed by atoms with Crippen LogP contribution in [0.1, 0.15) is 66.1 Å². The van der Waals surface area contributed by atoms with Crippen molar-refractivity contribution in [2.24, 2.45) is 5.41 Å². The van der Waals surface area contributed by atoms with E-state index in [0.717, 1.165) is 30.6 Å². The molecule has 0 unspecified atom stereocenters. The molecule has 1 amide bonds. The van der Waals surface area contributed by atoms with Gasteiger partial charge in [-0.25, -0.2) is 0 Å². The lowest BCUT2D eigenvalue weighted by molar-refractivity contribution is 0.0937. The first kappa shape index (κ1) is 16.5. The first-order chi connectivity index (χ1) is 10.0. The van der Waals surface area contributed by atoms with Crippen LogP contribution in [0.4, 0.5) is 0 Å². The maximum absolute atomic E-state index is 12.3. The molecule has 0 saturated carbocycles. The summed E-state index contributed by atoms with van der Waals surface area (Å²) in [7, 11) is 0. The third-order valence-electron chi connectivity index (χ3n) is 4.21. The minimum atomic E-state index is 0.0345. The van der Waals surface area contributed by atoms with Crippen molar-refractivity contribution in [3.05, 3.63) is 21.4 Å². The number of rotatable bonds is 6. The van der Waals surface area contributed by atoms with E-state index < -0.39 is 0 Å². The van der Waals surface area contributed by atoms with Crippen LogP contribution in [0.5, 0.6) is 0 Å². The van der Waals surface area contributed by atoms with Crippen molar-refractivity contribution in [3.8, 4) is 0 Å². The minimum absolute atomic E-state index is 0.0345. The molecule has 0 aromatic carbocycles. The van der Waals surface area contributed by atoms with E-state index in [1.807, 2.05) is 0 Å². The Morgan fingerprint density at radius 1 is 1.33 bits per heavy atom. The van der Waals surface area contributed by atoms with E-state index in [1.165, 1.54) is 29.7 Å². The van der Waals surface area contributed by atoms with Gasteiger partial charge in [0.2, 0.25) is 0 Å². The molecule has 1 heterocycles. The first-order valence-corrected chi connectivity index (χ1v) is 8.84. The van der Waals surface area contributed by atoms with E-state index in [0.29, 0.717) is 6.54 Å². The molecule has 0 radical (unpaired) electrons. The van der Waals surface area contributed by atoms with Gasteiger partial charge in [0.25, 0.3) is 5.91 Å². The van der Waals surface area contributed by atoms with Gasteiger partial charge in [-0.3, -0.25) is 4.79 Å². The number of thiophene rings is 1. The quantitative estimate of drug-likeness (QED) is 0.790. The van der Waals surface area contributed by atoms with Crippen LogP contribution in [0.3, 0.4) is 0 Å². The standard InChI is InChI=1S/C17H27NO2S/c1-17(2,9-6-10-19)12-18-16(20)15-11-13-7-4-3-5-8-14(13)21-15/h11,19H,3-10,12H2,1-2H3,(H,18,20). The Balaban J connectivity index is 1.91. The summed E-state index contributed by atoms with van der Waals surface area (Å²) in [5, 5.41) is 12.0. The zero-order chi connectivity index (χ0) is 15.3. The highest BCUT2D eigenvalue weighted by atomic mass is 32.1. The number of carbonyl (C=O) groups is 1. The molecular weight excluding hydrogens is 282 g/mol. The van der Waals surface area contributed by atoms with Gasteiger partial charge in [0.15, 0.2) is 0 Å². The van der Waals surface area contributed by atoms with Gasteiger partial charge in [0.1, 0.15) is 0 Å². The fourth-order valence-electron chi connectivity index (χ4n) is 2.83. The molecule has 1 aliphatic carbocycles. The summed E-state index contributed by atoms with van der Waals surface area (Å²) >= 11 is 1.67. The molecule has 1 aromatic rings. The number of aliphatic hydroxyl groups is 1. The van der Waals surface area contributed by atoms with Crippen molar-refractivity contribution in [2.75, 3.05) is 13.2 Å². The molecule has 21 heavy (non-hydrogen) atoms. The van der Waals surface area contributed by atoms with Crippen molar-refractivity contribution in [1.82, 2.24) is 5.32 Å². The van der Waals surface area contributed by atoms with Gasteiger partial charge in [-0.2, -0.15) is 0 Å². The molecule has 0 spiro atoms. The number of hydrogen-bond donors (Lipinski definition) is 2. The monoisotopic (exact) mass is 309 g/mol. The first-order valence-electron chi connectivity index (χ1n) is 8.02. The number of aryl methyl sites for hydroxylation is 2. The van der Waals surface area contributed by atoms with Crippen molar-refractivity contribution in [2.45, 2.75) is 58.8 Å². The third kappa shape index (κ3) is 4.82. The van der Waals surface area contributed by atoms with E-state index in [9.17, 15) is 4.79 Å². The highest BCUT2D eigenvalue weighted by molar-refractivity contribution is 7.14. The van der Waals surface area contributed by atoms with E-state index in [2.05, 4.69) is 25.2 Å². The predicted molar refractivity (Wildman–Crippen MR) is 88.0 cm³/mol. The zero-order valence-electron chi connectivity index (χ0n) is 13.2. The molecule has 2 N–H and O–H groups in total. The van der Waals surface area contributed by atoms with Crippen molar-refractivity contribution < 1.29 is 9.90 Å². The highest BCUT2D eigenvalue weighted by Crippen LogP contribution is 2.29. The Morgan fingerprint density at radius 3 is 2.86 bits per heavy atom. The largest absolute Gasteiger partial charge is 0.396 e. The van der Waals surface area contributed by atoms with Crippen LogP contribution >= 0.6 is 11.3 Å². The molecule has 4 heteroatoms. The lowest BCUT2D eigenvalue weighted by atomic mass is 9.88. The molecule has 118 valence electrons. The van der Waals surface area contributed by atoms with Gasteiger partial charge in [0.05, 0.1) is 4.88 Å². The van der Waals surface area contributed by atoms with Crippen LogP contribution in [-0.4, -0.2) is 24.2 Å². The van der Waals surface area contributed by atoms with Crippen LogP contribution < -0.4 is 5.32 Å². The van der Waals surface area contributed by atoms with Crippen molar-refractivity contribution in [1.29, 1.82) is 0 Å². The molecule has 1 aliphatic rings. The minimum Gasteiger partial charge on any atom is -0.396 e. The molecule has 0 atom stereocenters. The second kappa shape index (κ2) is 7.41. The number of aliphatic hydroxyl groups excluding tert-OH is 1. The summed E-state index contributed by atoms with van der Waals surface area (Å²) in [5.74, 6) is 0.0603. The van der Waals surface area contributed by atoms with Crippen LogP contribution in [0, 0.1) is 5.41 Å². The Kier molecular flexibility index (Phi) is 5.82. The second-order valence-corrected chi connectivity index (χ2v) is 7.93. The normalized spacial score (nSPS) is 15.4. The van der Waals surface area contributed by atoms with Gasteiger partial charge in [-0.15, -0.1) is 11.3 Å². The highest BCUT2D eigenvalue weighted by Gasteiger charge is 2.21. The summed E-state index contributed by atoms with van der Waals surface area (Å²) < 4.78 is 0. The molecular formula is C17H27NO2S. The van der Waals surface area contributed by atoms with E-state index in [1.54, 1.807) is 11.3 Å². The van der Waals surface area contributed by atoms with E-state index in [4.69, 9.17) is 5.11 Å². The average molecular weight is 309 g/mol. The summed E-state index contributed by atoms with van der Waals surface area (Å²) in [6.45, 7) is 5.14. The van der Waals surface area contributed by atoms with Gasteiger partial charge in [-0.05, 0) is 55.6 Å². The lowest BCUT2D eigenvalue weighted by Crippen LogP contribution is -2.33. The summed E-state index contributed by atoms with van der Waals surface area (Å²) in [6.07, 6.45) is 7.78. The summed E-state index contributed by atoms with van der Waals surface area (Å²) in [4.78, 5) is 14.6. The third-order valence-corrected chi connectivity index (χ3v) is 5.45. The lowest BCUT2D eigenvalue weighted by Gasteiger charge is -2.24. The molecule has 0 aliphatic heterocycles. The van der Waals surface area contributed by atoms with E-state index in [-0.39, 0.29) is 17.9 Å². The number of carbonyl (C=O) groups excluding carboxylic acids is 1. The maximum Gasteiger partial charge on any atom is 0.261 e.